The van der Waals surface area contributed by atoms with Gasteiger partial charge in [0.25, 0.3) is 5.69 Å². The maximum absolute atomic E-state index is 13.0. The fourth-order valence-electron chi connectivity index (χ4n) is 3.82. The van der Waals surface area contributed by atoms with E-state index in [9.17, 15) is 20.2 Å². The van der Waals surface area contributed by atoms with Crippen molar-refractivity contribution in [2.45, 2.75) is 24.1 Å². The van der Waals surface area contributed by atoms with Crippen LogP contribution in [0.1, 0.15) is 18.1 Å². The lowest BCUT2D eigenvalue weighted by molar-refractivity contribution is -0.385. The summed E-state index contributed by atoms with van der Waals surface area (Å²) in [5, 5.41) is 23.9. The molecule has 4 aromatic rings. The molecule has 0 saturated carbocycles. The number of carbonyl (C=O) groups is 1. The molecule has 0 aliphatic rings. The number of aryl methyl sites for hydroxylation is 1. The smallest absolute Gasteiger partial charge is 0.274 e. The maximum atomic E-state index is 13.0. The van der Waals surface area contributed by atoms with Crippen LogP contribution in [0.25, 0.3) is 22.4 Å². The monoisotopic (exact) mass is 524 g/mol. The minimum Gasteiger partial charge on any atom is -0.497 e. The average Bonchev–Trinajstić information content (AvgIpc) is 2.94. The second-order valence-corrected chi connectivity index (χ2v) is 9.78. The van der Waals surface area contributed by atoms with Gasteiger partial charge in [0.1, 0.15) is 16.8 Å². The number of rotatable bonds is 8. The maximum Gasteiger partial charge on any atom is 0.274 e. The van der Waals surface area contributed by atoms with Gasteiger partial charge in [0.15, 0.2) is 0 Å². The number of benzene rings is 3. The zero-order valence-corrected chi connectivity index (χ0v) is 21.8. The number of nitriles is 1. The van der Waals surface area contributed by atoms with Gasteiger partial charge in [0.05, 0.1) is 28.5 Å². The first-order chi connectivity index (χ1) is 18.3. The fourth-order valence-corrected chi connectivity index (χ4v) is 4.74. The number of nitro benzene ring substituents is 1. The third kappa shape index (κ3) is 5.82. The van der Waals surface area contributed by atoms with E-state index in [-0.39, 0.29) is 11.6 Å². The molecule has 9 heteroatoms. The molecule has 0 bridgehead atoms. The SMILES string of the molecule is COc1ccc(-c2cc(-c3ccccc3)nc(S[C@@H](C)C(=O)Nc3ccc(C)c([N+](=O)[O-])c3)c2C#N)cc1. The molecule has 0 spiro atoms. The summed E-state index contributed by atoms with van der Waals surface area (Å²) in [6.45, 7) is 3.34. The zero-order valence-electron chi connectivity index (χ0n) is 21.0. The minimum atomic E-state index is -0.648. The number of aromatic nitrogens is 1. The molecular weight excluding hydrogens is 500 g/mol. The highest BCUT2D eigenvalue weighted by atomic mass is 32.2. The van der Waals surface area contributed by atoms with Crippen LogP contribution in [0, 0.1) is 28.4 Å². The normalized spacial score (nSPS) is 11.3. The Morgan fingerprint density at radius 2 is 1.79 bits per heavy atom. The number of nitro groups is 1. The summed E-state index contributed by atoms with van der Waals surface area (Å²) in [4.78, 5) is 28.6. The zero-order chi connectivity index (χ0) is 27.2. The van der Waals surface area contributed by atoms with Crippen LogP contribution in [-0.4, -0.2) is 28.2 Å². The van der Waals surface area contributed by atoms with Crippen LogP contribution in [0.2, 0.25) is 0 Å². The number of ether oxygens (including phenoxy) is 1. The molecular formula is C29H24N4O4S. The lowest BCUT2D eigenvalue weighted by atomic mass is 9.99. The third-order valence-corrected chi connectivity index (χ3v) is 6.99. The van der Waals surface area contributed by atoms with Gasteiger partial charge in [-0.2, -0.15) is 5.26 Å². The van der Waals surface area contributed by atoms with Crippen LogP contribution in [0.5, 0.6) is 5.75 Å². The first-order valence-electron chi connectivity index (χ1n) is 11.7. The number of pyridine rings is 1. The second kappa shape index (κ2) is 11.6. The summed E-state index contributed by atoms with van der Waals surface area (Å²) in [5.74, 6) is 0.329. The fraction of sp³-hybridized carbons (Fsp3) is 0.138. The molecule has 0 radical (unpaired) electrons. The van der Waals surface area contributed by atoms with Crippen molar-refractivity contribution in [2.24, 2.45) is 0 Å². The lowest BCUT2D eigenvalue weighted by Gasteiger charge is -2.16. The number of carbonyl (C=O) groups excluding carboxylic acids is 1. The molecule has 1 N–H and O–H groups in total. The number of thioether (sulfide) groups is 1. The largest absolute Gasteiger partial charge is 0.497 e. The van der Waals surface area contributed by atoms with Crippen LogP contribution >= 0.6 is 11.8 Å². The second-order valence-electron chi connectivity index (χ2n) is 8.45. The topological polar surface area (TPSA) is 118 Å². The molecule has 0 fully saturated rings. The van der Waals surface area contributed by atoms with Crippen molar-refractivity contribution >= 4 is 29.0 Å². The van der Waals surface area contributed by atoms with Crippen molar-refractivity contribution in [1.29, 1.82) is 5.26 Å². The molecule has 0 saturated heterocycles. The molecule has 3 aromatic carbocycles. The van der Waals surface area contributed by atoms with E-state index in [1.807, 2.05) is 60.7 Å². The van der Waals surface area contributed by atoms with Gasteiger partial charge < -0.3 is 10.1 Å². The van der Waals surface area contributed by atoms with Crippen LogP contribution in [0.15, 0.2) is 83.9 Å². The van der Waals surface area contributed by atoms with Crippen molar-refractivity contribution in [3.05, 3.63) is 100 Å². The van der Waals surface area contributed by atoms with Gasteiger partial charge in [0, 0.05) is 28.4 Å². The van der Waals surface area contributed by atoms with Crippen molar-refractivity contribution in [3.63, 3.8) is 0 Å². The lowest BCUT2D eigenvalue weighted by Crippen LogP contribution is -2.22. The average molecular weight is 525 g/mol. The summed E-state index contributed by atoms with van der Waals surface area (Å²) >= 11 is 1.16. The first kappa shape index (κ1) is 26.4. The number of hydrogen-bond acceptors (Lipinski definition) is 7. The van der Waals surface area contributed by atoms with Crippen molar-refractivity contribution in [3.8, 4) is 34.2 Å². The molecule has 1 aromatic heterocycles. The predicted molar refractivity (Wildman–Crippen MR) is 148 cm³/mol. The number of hydrogen-bond donors (Lipinski definition) is 1. The standard InChI is InChI=1S/C29H24N4O4S/c1-18-9-12-22(15-27(18)33(35)36)31-28(34)19(2)38-29-25(17-30)24(20-10-13-23(37-3)14-11-20)16-26(32-29)21-7-5-4-6-8-21/h4-16,19H,1-3H3,(H,31,34)/t19-/m0/s1. The Labute approximate surface area is 224 Å². The summed E-state index contributed by atoms with van der Waals surface area (Å²) in [7, 11) is 1.59. The highest BCUT2D eigenvalue weighted by Crippen LogP contribution is 2.36. The van der Waals surface area contributed by atoms with Gasteiger partial charge in [-0.3, -0.25) is 14.9 Å². The van der Waals surface area contributed by atoms with Gasteiger partial charge in [-0.15, -0.1) is 0 Å². The van der Waals surface area contributed by atoms with Crippen LogP contribution in [0.4, 0.5) is 11.4 Å². The summed E-state index contributed by atoms with van der Waals surface area (Å²) < 4.78 is 5.27. The first-order valence-corrected chi connectivity index (χ1v) is 12.6. The minimum absolute atomic E-state index is 0.0729. The predicted octanol–water partition coefficient (Wildman–Crippen LogP) is 6.63. The van der Waals surface area contributed by atoms with Crippen molar-refractivity contribution < 1.29 is 14.5 Å². The Morgan fingerprint density at radius 3 is 2.42 bits per heavy atom. The molecule has 1 amide bonds. The highest BCUT2D eigenvalue weighted by molar-refractivity contribution is 8.00. The molecule has 4 rings (SSSR count). The van der Waals surface area contributed by atoms with Gasteiger partial charge >= 0.3 is 0 Å². The van der Waals surface area contributed by atoms with Gasteiger partial charge in [0.2, 0.25) is 5.91 Å². The molecule has 8 nitrogen and oxygen atoms in total. The van der Waals surface area contributed by atoms with Crippen LogP contribution in [-0.2, 0) is 4.79 Å². The molecule has 190 valence electrons. The third-order valence-electron chi connectivity index (χ3n) is 5.90. The quantitative estimate of drug-likeness (QED) is 0.156. The number of anilines is 1. The summed E-state index contributed by atoms with van der Waals surface area (Å²) in [5.41, 5.74) is 4.15. The highest BCUT2D eigenvalue weighted by Gasteiger charge is 2.22. The van der Waals surface area contributed by atoms with E-state index >= 15 is 0 Å². The number of amides is 1. The molecule has 0 unspecified atom stereocenters. The van der Waals surface area contributed by atoms with E-state index in [1.54, 1.807) is 33.1 Å². The Bertz CT molecular complexity index is 1530. The Kier molecular flexibility index (Phi) is 8.04. The Hall–Kier alpha value is -4.68. The van der Waals surface area contributed by atoms with Gasteiger partial charge in [-0.05, 0) is 43.7 Å². The molecule has 1 atom stereocenters. The van der Waals surface area contributed by atoms with E-state index in [1.165, 1.54) is 6.07 Å². The summed E-state index contributed by atoms with van der Waals surface area (Å²) in [6.07, 6.45) is 0. The van der Waals surface area contributed by atoms with E-state index in [4.69, 9.17) is 9.72 Å². The van der Waals surface area contributed by atoms with Crippen LogP contribution in [0.3, 0.4) is 0 Å². The van der Waals surface area contributed by atoms with Gasteiger partial charge in [-0.25, -0.2) is 4.98 Å². The van der Waals surface area contributed by atoms with Crippen LogP contribution < -0.4 is 10.1 Å². The summed E-state index contributed by atoms with van der Waals surface area (Å²) in [6, 6.07) is 25.7. The van der Waals surface area contributed by atoms with Gasteiger partial charge in [-0.1, -0.05) is 60.3 Å². The van der Waals surface area contributed by atoms with Crippen molar-refractivity contribution in [2.75, 3.05) is 12.4 Å². The van der Waals surface area contributed by atoms with E-state index in [0.717, 1.165) is 22.9 Å². The number of methoxy groups -OCH3 is 1. The molecule has 0 aliphatic carbocycles. The van der Waals surface area contributed by atoms with E-state index in [2.05, 4.69) is 11.4 Å². The number of nitrogens with zero attached hydrogens (tertiary/aromatic N) is 3. The number of nitrogens with one attached hydrogen (secondary N) is 1. The molecule has 38 heavy (non-hydrogen) atoms. The van der Waals surface area contributed by atoms with Crippen molar-refractivity contribution in [1.82, 2.24) is 4.98 Å². The van der Waals surface area contributed by atoms with E-state index in [0.29, 0.717) is 38.8 Å². The van der Waals surface area contributed by atoms with E-state index < -0.39 is 10.2 Å². The Morgan fingerprint density at radius 1 is 1.08 bits per heavy atom. The molecule has 0 aliphatic heterocycles. The molecule has 1 heterocycles. The Balaban J connectivity index is 1.70.